The molecule has 0 saturated carbocycles. The fraction of sp³-hybridized carbons (Fsp3) is 0.250. The molecule has 2 heteroatoms. The van der Waals surface area contributed by atoms with E-state index >= 15 is 0 Å². The van der Waals surface area contributed by atoms with Gasteiger partial charge in [-0.25, -0.2) is 0 Å². The van der Waals surface area contributed by atoms with E-state index in [9.17, 15) is 0 Å². The van der Waals surface area contributed by atoms with Crippen molar-refractivity contribution < 1.29 is 4.74 Å². The molecule has 0 amide bonds. The van der Waals surface area contributed by atoms with E-state index in [4.69, 9.17) is 10.5 Å². The molecule has 0 aromatic heterocycles. The topological polar surface area (TPSA) is 35.2 Å². The molecule has 18 heavy (non-hydrogen) atoms. The van der Waals surface area contributed by atoms with E-state index < -0.39 is 0 Å². The van der Waals surface area contributed by atoms with Gasteiger partial charge in [0.25, 0.3) is 0 Å². The molecule has 2 nitrogen and oxygen atoms in total. The molecule has 2 aromatic rings. The monoisotopic (exact) mass is 241 g/mol. The first-order chi connectivity index (χ1) is 8.56. The predicted molar refractivity (Wildman–Crippen MR) is 75.0 cm³/mol. The average Bonchev–Trinajstić information content (AvgIpc) is 2.34. The SMILES string of the molecule is Cc1ccc(Oc2cccc(C(C)N)c2)cc1C. The summed E-state index contributed by atoms with van der Waals surface area (Å²) in [6.45, 7) is 6.14. The molecule has 0 heterocycles. The third kappa shape index (κ3) is 2.90. The minimum Gasteiger partial charge on any atom is -0.457 e. The lowest BCUT2D eigenvalue weighted by Crippen LogP contribution is -2.04. The number of ether oxygens (including phenoxy) is 1. The first-order valence-corrected chi connectivity index (χ1v) is 6.17. The lowest BCUT2D eigenvalue weighted by atomic mass is 10.1. The van der Waals surface area contributed by atoms with E-state index in [2.05, 4.69) is 19.9 Å². The van der Waals surface area contributed by atoms with Crippen molar-refractivity contribution in [3.63, 3.8) is 0 Å². The van der Waals surface area contributed by atoms with Crippen LogP contribution in [-0.2, 0) is 0 Å². The molecule has 0 aliphatic heterocycles. The fourth-order valence-corrected chi connectivity index (χ4v) is 1.77. The third-order valence-corrected chi connectivity index (χ3v) is 3.10. The molecule has 2 aromatic carbocycles. The minimum absolute atomic E-state index is 0.0216. The van der Waals surface area contributed by atoms with Gasteiger partial charge in [0.05, 0.1) is 0 Å². The van der Waals surface area contributed by atoms with E-state index in [0.717, 1.165) is 17.1 Å². The number of hydrogen-bond donors (Lipinski definition) is 1. The molecule has 2 N–H and O–H groups in total. The maximum Gasteiger partial charge on any atom is 0.127 e. The van der Waals surface area contributed by atoms with Gasteiger partial charge in [-0.2, -0.15) is 0 Å². The number of rotatable bonds is 3. The van der Waals surface area contributed by atoms with E-state index in [1.54, 1.807) is 0 Å². The van der Waals surface area contributed by atoms with Crippen molar-refractivity contribution in [2.75, 3.05) is 0 Å². The second-order valence-electron chi connectivity index (χ2n) is 4.71. The van der Waals surface area contributed by atoms with E-state index in [0.29, 0.717) is 0 Å². The van der Waals surface area contributed by atoms with E-state index in [1.807, 2.05) is 43.3 Å². The van der Waals surface area contributed by atoms with Crippen LogP contribution in [0.15, 0.2) is 42.5 Å². The largest absolute Gasteiger partial charge is 0.457 e. The van der Waals surface area contributed by atoms with Crippen LogP contribution < -0.4 is 10.5 Å². The summed E-state index contributed by atoms with van der Waals surface area (Å²) in [4.78, 5) is 0. The number of benzene rings is 2. The lowest BCUT2D eigenvalue weighted by molar-refractivity contribution is 0.481. The van der Waals surface area contributed by atoms with Crippen LogP contribution in [0, 0.1) is 13.8 Å². The van der Waals surface area contributed by atoms with Gasteiger partial charge in [0.1, 0.15) is 11.5 Å². The minimum atomic E-state index is 0.0216. The van der Waals surface area contributed by atoms with Gasteiger partial charge in [0.2, 0.25) is 0 Å². The van der Waals surface area contributed by atoms with Crippen molar-refractivity contribution in [2.24, 2.45) is 5.73 Å². The van der Waals surface area contributed by atoms with E-state index in [-0.39, 0.29) is 6.04 Å². The zero-order valence-electron chi connectivity index (χ0n) is 11.1. The van der Waals surface area contributed by atoms with Crippen LogP contribution in [0.5, 0.6) is 11.5 Å². The molecular weight excluding hydrogens is 222 g/mol. The van der Waals surface area contributed by atoms with Crippen LogP contribution in [0.4, 0.5) is 0 Å². The van der Waals surface area contributed by atoms with E-state index in [1.165, 1.54) is 11.1 Å². The highest BCUT2D eigenvalue weighted by molar-refractivity contribution is 5.38. The highest BCUT2D eigenvalue weighted by Crippen LogP contribution is 2.25. The van der Waals surface area contributed by atoms with Crippen molar-refractivity contribution in [1.82, 2.24) is 0 Å². The van der Waals surface area contributed by atoms with Crippen LogP contribution in [-0.4, -0.2) is 0 Å². The van der Waals surface area contributed by atoms with Crippen LogP contribution in [0.2, 0.25) is 0 Å². The summed E-state index contributed by atoms with van der Waals surface area (Å²) >= 11 is 0. The molecule has 0 fully saturated rings. The molecule has 0 aliphatic carbocycles. The summed E-state index contributed by atoms with van der Waals surface area (Å²) < 4.78 is 5.85. The van der Waals surface area contributed by atoms with Crippen molar-refractivity contribution >= 4 is 0 Å². The summed E-state index contributed by atoms with van der Waals surface area (Å²) in [7, 11) is 0. The number of nitrogens with two attached hydrogens (primary N) is 1. The number of hydrogen-bond acceptors (Lipinski definition) is 2. The summed E-state index contributed by atoms with van der Waals surface area (Å²) in [6, 6.07) is 14.0. The molecule has 1 atom stereocenters. The molecule has 1 unspecified atom stereocenters. The third-order valence-electron chi connectivity index (χ3n) is 3.10. The Kier molecular flexibility index (Phi) is 3.68. The highest BCUT2D eigenvalue weighted by atomic mass is 16.5. The Balaban J connectivity index is 2.23. The van der Waals surface area contributed by atoms with Gasteiger partial charge in [-0.05, 0) is 61.7 Å². The second-order valence-corrected chi connectivity index (χ2v) is 4.71. The predicted octanol–water partition coefficient (Wildman–Crippen LogP) is 4.12. The summed E-state index contributed by atoms with van der Waals surface area (Å²) in [5, 5.41) is 0. The zero-order valence-corrected chi connectivity index (χ0v) is 11.1. The maximum atomic E-state index is 5.86. The van der Waals surface area contributed by atoms with Crippen LogP contribution in [0.1, 0.15) is 29.7 Å². The van der Waals surface area contributed by atoms with Gasteiger partial charge in [-0.1, -0.05) is 18.2 Å². The normalized spacial score (nSPS) is 12.2. The van der Waals surface area contributed by atoms with Crippen molar-refractivity contribution in [3.8, 4) is 11.5 Å². The Hall–Kier alpha value is -1.80. The Morgan fingerprint density at radius 1 is 0.944 bits per heavy atom. The summed E-state index contributed by atoms with van der Waals surface area (Å²) in [5.41, 5.74) is 9.45. The van der Waals surface area contributed by atoms with Gasteiger partial charge in [0, 0.05) is 6.04 Å². The zero-order chi connectivity index (χ0) is 13.1. The molecule has 0 spiro atoms. The maximum absolute atomic E-state index is 5.86. The quantitative estimate of drug-likeness (QED) is 0.877. The first kappa shape index (κ1) is 12.7. The molecule has 94 valence electrons. The standard InChI is InChI=1S/C16H19NO/c1-11-7-8-16(9-12(11)2)18-15-6-4-5-14(10-15)13(3)17/h4-10,13H,17H2,1-3H3. The molecule has 0 bridgehead atoms. The van der Waals surface area contributed by atoms with Gasteiger partial charge in [-0.15, -0.1) is 0 Å². The first-order valence-electron chi connectivity index (χ1n) is 6.17. The van der Waals surface area contributed by atoms with Gasteiger partial charge in [0.15, 0.2) is 0 Å². The lowest BCUT2D eigenvalue weighted by Gasteiger charge is -2.10. The smallest absolute Gasteiger partial charge is 0.127 e. The average molecular weight is 241 g/mol. The number of aryl methyl sites for hydroxylation is 2. The molecule has 0 saturated heterocycles. The summed E-state index contributed by atoms with van der Waals surface area (Å²) in [6.07, 6.45) is 0. The van der Waals surface area contributed by atoms with Crippen LogP contribution >= 0.6 is 0 Å². The van der Waals surface area contributed by atoms with Crippen molar-refractivity contribution in [1.29, 1.82) is 0 Å². The van der Waals surface area contributed by atoms with Crippen LogP contribution in [0.3, 0.4) is 0 Å². The fourth-order valence-electron chi connectivity index (χ4n) is 1.77. The Bertz CT molecular complexity index is 547. The molecule has 0 radical (unpaired) electrons. The van der Waals surface area contributed by atoms with Crippen LogP contribution in [0.25, 0.3) is 0 Å². The highest BCUT2D eigenvalue weighted by Gasteiger charge is 2.03. The molecule has 0 aliphatic rings. The Labute approximate surface area is 108 Å². The summed E-state index contributed by atoms with van der Waals surface area (Å²) in [5.74, 6) is 1.69. The Morgan fingerprint density at radius 3 is 2.33 bits per heavy atom. The molecular formula is C16H19NO. The second kappa shape index (κ2) is 5.23. The van der Waals surface area contributed by atoms with Gasteiger partial charge >= 0.3 is 0 Å². The van der Waals surface area contributed by atoms with Crippen molar-refractivity contribution in [2.45, 2.75) is 26.8 Å². The van der Waals surface area contributed by atoms with Crippen molar-refractivity contribution in [3.05, 3.63) is 59.2 Å². The van der Waals surface area contributed by atoms with Gasteiger partial charge in [-0.3, -0.25) is 0 Å². The molecule has 2 rings (SSSR count). The Morgan fingerprint density at radius 2 is 1.67 bits per heavy atom. The van der Waals surface area contributed by atoms with Gasteiger partial charge < -0.3 is 10.5 Å².